The van der Waals surface area contributed by atoms with Gasteiger partial charge in [0, 0.05) is 34.9 Å². The molecule has 2 aliphatic rings. The number of fused-ring (bicyclic) bond motifs is 8. The fourth-order valence-electron chi connectivity index (χ4n) is 5.11. The number of aryl methyl sites for hydroxylation is 3. The largest absolute Gasteiger partial charge is 0.481 e. The van der Waals surface area contributed by atoms with Gasteiger partial charge in [-0.1, -0.05) is 0 Å². The third-order valence-corrected chi connectivity index (χ3v) is 7.26. The highest BCUT2D eigenvalue weighted by Gasteiger charge is 2.20. The van der Waals surface area contributed by atoms with Crippen LogP contribution >= 0.6 is 0 Å². The number of carbonyl (C=O) groups is 2. The molecule has 4 N–H and O–H groups in total. The standard InChI is InChI=1S/C30H30N4O4/c1-15-9-20-12-25-17(3)21(5-7-29(35)36)27(33-25)14-28-22(6-8-30(37)38)18(4)26(34-28)13-24-16(2)10-19(32-24)11-23(15)31-20/h9-14,31,33H,5-8H2,1-4H3,(H,35,36)(H,37,38). The molecule has 0 saturated heterocycles. The minimum Gasteiger partial charge on any atom is -0.481 e. The maximum absolute atomic E-state index is 11.4. The van der Waals surface area contributed by atoms with Crippen molar-refractivity contribution in [3.63, 3.8) is 0 Å². The molecule has 3 aromatic rings. The van der Waals surface area contributed by atoms with E-state index in [1.165, 1.54) is 0 Å². The summed E-state index contributed by atoms with van der Waals surface area (Å²) in [5.41, 5.74) is 12.4. The Bertz CT molecular complexity index is 1720. The Morgan fingerprint density at radius 3 is 2.24 bits per heavy atom. The average Bonchev–Trinajstić information content (AvgIpc) is 3.53. The highest BCUT2D eigenvalue weighted by molar-refractivity contribution is 5.94. The van der Waals surface area contributed by atoms with Crippen LogP contribution in [0.2, 0.25) is 0 Å². The van der Waals surface area contributed by atoms with E-state index < -0.39 is 11.9 Å². The zero-order valence-electron chi connectivity index (χ0n) is 21.9. The SMILES string of the molecule is CC1=Cc2cc3[nH]c(cc3C)cc3[nH]c(cc4nc(cc1n2)C(C)=C4CCC(=O)O)c(CCC(=O)O)c3C. The molecule has 38 heavy (non-hydrogen) atoms. The number of H-pyrrole nitrogens is 2. The Kier molecular flexibility index (Phi) is 6.48. The summed E-state index contributed by atoms with van der Waals surface area (Å²) in [5.74, 6) is -1.73. The second-order valence-electron chi connectivity index (χ2n) is 9.98. The predicted octanol–water partition coefficient (Wildman–Crippen LogP) is 6.30. The van der Waals surface area contributed by atoms with E-state index in [1.54, 1.807) is 0 Å². The molecule has 0 unspecified atom stereocenters. The lowest BCUT2D eigenvalue weighted by molar-refractivity contribution is -0.137. The van der Waals surface area contributed by atoms with Crippen molar-refractivity contribution < 1.29 is 19.8 Å². The lowest BCUT2D eigenvalue weighted by Crippen LogP contribution is -1.98. The Labute approximate surface area is 219 Å². The molecule has 2 aliphatic heterocycles. The molecule has 0 atom stereocenters. The molecule has 3 aromatic heterocycles. The van der Waals surface area contributed by atoms with E-state index in [9.17, 15) is 19.8 Å². The summed E-state index contributed by atoms with van der Waals surface area (Å²) in [4.78, 5) is 39.5. The van der Waals surface area contributed by atoms with Gasteiger partial charge in [-0.15, -0.1) is 0 Å². The fourth-order valence-corrected chi connectivity index (χ4v) is 5.11. The molecule has 0 spiro atoms. The van der Waals surface area contributed by atoms with E-state index in [4.69, 9.17) is 9.97 Å². The summed E-state index contributed by atoms with van der Waals surface area (Å²) in [6.07, 6.45) is 2.74. The Morgan fingerprint density at radius 1 is 0.763 bits per heavy atom. The maximum Gasteiger partial charge on any atom is 0.303 e. The predicted molar refractivity (Wildman–Crippen MR) is 149 cm³/mol. The molecule has 0 aliphatic carbocycles. The van der Waals surface area contributed by atoms with Gasteiger partial charge in [0.05, 0.1) is 22.8 Å². The smallest absolute Gasteiger partial charge is 0.303 e. The molecule has 0 radical (unpaired) electrons. The maximum atomic E-state index is 11.4. The fraction of sp³-hybridized carbons (Fsp3) is 0.267. The summed E-state index contributed by atoms with van der Waals surface area (Å²) in [6.45, 7) is 8.01. The third kappa shape index (κ3) is 4.89. The number of carboxylic acid groups (broad SMARTS) is 2. The number of nitrogens with zero attached hydrogens (tertiary/aromatic N) is 2. The van der Waals surface area contributed by atoms with E-state index in [2.05, 4.69) is 16.0 Å². The van der Waals surface area contributed by atoms with E-state index in [0.29, 0.717) is 18.5 Å². The first-order valence-electron chi connectivity index (χ1n) is 12.6. The second kappa shape index (κ2) is 9.78. The molecule has 0 saturated carbocycles. The molecule has 8 heteroatoms. The number of aromatic nitrogens is 4. The number of nitrogens with one attached hydrogen (secondary N) is 2. The zero-order valence-corrected chi connectivity index (χ0v) is 21.9. The van der Waals surface area contributed by atoms with Gasteiger partial charge < -0.3 is 20.2 Å². The first-order valence-corrected chi connectivity index (χ1v) is 12.6. The van der Waals surface area contributed by atoms with Crippen LogP contribution in [0.25, 0.3) is 44.9 Å². The monoisotopic (exact) mass is 510 g/mol. The molecule has 8 nitrogen and oxygen atoms in total. The number of aliphatic carboxylic acids is 2. The lowest BCUT2D eigenvalue weighted by atomic mass is 10.0. The van der Waals surface area contributed by atoms with E-state index in [0.717, 1.165) is 72.6 Å². The van der Waals surface area contributed by atoms with Crippen LogP contribution in [-0.2, 0) is 16.0 Å². The van der Waals surface area contributed by atoms with Crippen molar-refractivity contribution in [3.8, 4) is 0 Å². The van der Waals surface area contributed by atoms with E-state index in [1.807, 2.05) is 58.0 Å². The molecular formula is C30H30N4O4. The molecule has 8 bridgehead atoms. The van der Waals surface area contributed by atoms with Gasteiger partial charge in [0.1, 0.15) is 0 Å². The first kappa shape index (κ1) is 25.2. The topological polar surface area (TPSA) is 132 Å². The Hall–Kier alpha value is -4.46. The molecule has 0 amide bonds. The van der Waals surface area contributed by atoms with Crippen LogP contribution < -0.4 is 0 Å². The number of hydrogen-bond acceptors (Lipinski definition) is 4. The van der Waals surface area contributed by atoms with Crippen molar-refractivity contribution in [3.05, 3.63) is 69.8 Å². The van der Waals surface area contributed by atoms with Crippen LogP contribution in [0.15, 0.2) is 30.3 Å². The van der Waals surface area contributed by atoms with Crippen LogP contribution in [0.5, 0.6) is 0 Å². The van der Waals surface area contributed by atoms with Gasteiger partial charge in [0.25, 0.3) is 0 Å². The van der Waals surface area contributed by atoms with Crippen LogP contribution in [0.4, 0.5) is 0 Å². The first-order chi connectivity index (χ1) is 18.1. The van der Waals surface area contributed by atoms with Crippen molar-refractivity contribution in [1.29, 1.82) is 0 Å². The molecule has 0 fully saturated rings. The van der Waals surface area contributed by atoms with E-state index >= 15 is 0 Å². The van der Waals surface area contributed by atoms with Gasteiger partial charge in [-0.05, 0) is 110 Å². The van der Waals surface area contributed by atoms with Crippen LogP contribution in [0, 0.1) is 13.8 Å². The van der Waals surface area contributed by atoms with Crippen molar-refractivity contribution >= 4 is 56.8 Å². The van der Waals surface area contributed by atoms with Crippen LogP contribution in [0.3, 0.4) is 0 Å². The number of hydrogen-bond donors (Lipinski definition) is 4. The summed E-state index contributed by atoms with van der Waals surface area (Å²) < 4.78 is 0. The van der Waals surface area contributed by atoms with E-state index in [-0.39, 0.29) is 12.8 Å². The van der Waals surface area contributed by atoms with Gasteiger partial charge in [0.15, 0.2) is 0 Å². The third-order valence-electron chi connectivity index (χ3n) is 7.26. The molecule has 0 aromatic carbocycles. The quantitative estimate of drug-likeness (QED) is 0.307. The van der Waals surface area contributed by atoms with Crippen molar-refractivity contribution in [1.82, 2.24) is 19.9 Å². The van der Waals surface area contributed by atoms with Gasteiger partial charge >= 0.3 is 11.9 Å². The van der Waals surface area contributed by atoms with Gasteiger partial charge in [-0.2, -0.15) is 0 Å². The normalized spacial score (nSPS) is 13.1. The van der Waals surface area contributed by atoms with Crippen molar-refractivity contribution in [2.75, 3.05) is 0 Å². The summed E-state index contributed by atoms with van der Waals surface area (Å²) in [6, 6.07) is 10.00. The Balaban J connectivity index is 1.86. The summed E-state index contributed by atoms with van der Waals surface area (Å²) in [5, 5.41) is 18.7. The number of carboxylic acids is 2. The average molecular weight is 511 g/mol. The number of rotatable bonds is 6. The van der Waals surface area contributed by atoms with Crippen LogP contribution in [0.1, 0.15) is 72.6 Å². The molecule has 194 valence electrons. The van der Waals surface area contributed by atoms with Gasteiger partial charge in [-0.3, -0.25) is 9.59 Å². The molecule has 5 heterocycles. The lowest BCUT2D eigenvalue weighted by Gasteiger charge is -2.03. The zero-order chi connectivity index (χ0) is 27.1. The van der Waals surface area contributed by atoms with Gasteiger partial charge in [0.2, 0.25) is 0 Å². The van der Waals surface area contributed by atoms with Crippen molar-refractivity contribution in [2.24, 2.45) is 0 Å². The number of allylic oxidation sites excluding steroid dienone is 3. The second-order valence-corrected chi connectivity index (χ2v) is 9.98. The van der Waals surface area contributed by atoms with Crippen molar-refractivity contribution in [2.45, 2.75) is 53.4 Å². The highest BCUT2D eigenvalue weighted by atomic mass is 16.4. The van der Waals surface area contributed by atoms with Crippen LogP contribution in [-0.4, -0.2) is 42.1 Å². The Morgan fingerprint density at radius 2 is 1.50 bits per heavy atom. The highest BCUT2D eigenvalue weighted by Crippen LogP contribution is 2.35. The minimum atomic E-state index is -0.871. The summed E-state index contributed by atoms with van der Waals surface area (Å²) >= 11 is 0. The summed E-state index contributed by atoms with van der Waals surface area (Å²) in [7, 11) is 0. The van der Waals surface area contributed by atoms with Gasteiger partial charge in [-0.25, -0.2) is 9.97 Å². The molecular weight excluding hydrogens is 480 g/mol. The minimum absolute atomic E-state index is 0.00209. The number of aromatic amines is 2. The molecule has 5 rings (SSSR count).